The average molecular weight is 292 g/mol. The molecule has 114 valence electrons. The highest BCUT2D eigenvalue weighted by molar-refractivity contribution is 5.93. The number of primary amides is 1. The molecule has 0 unspecified atom stereocenters. The van der Waals surface area contributed by atoms with E-state index < -0.39 is 5.91 Å². The average Bonchev–Trinajstić information content (AvgIpc) is 2.39. The summed E-state index contributed by atoms with van der Waals surface area (Å²) >= 11 is 0. The maximum atomic E-state index is 11.9. The molecule has 0 saturated carbocycles. The Balaban J connectivity index is 2.54. The minimum Gasteiger partial charge on any atom is -0.369 e. The van der Waals surface area contributed by atoms with E-state index in [1.54, 1.807) is 29.2 Å². The molecule has 0 heterocycles. The molecule has 0 radical (unpaired) electrons. The van der Waals surface area contributed by atoms with Gasteiger partial charge in [0.15, 0.2) is 0 Å². The van der Waals surface area contributed by atoms with E-state index in [1.165, 1.54) is 6.92 Å². The van der Waals surface area contributed by atoms with Gasteiger partial charge >= 0.3 is 0 Å². The van der Waals surface area contributed by atoms with Crippen molar-refractivity contribution in [2.45, 2.75) is 13.8 Å². The standard InChI is InChI=1S/C14H20N4O3/c1-3-18(8-13(15)20)9-14(21)17-12-6-4-11(5-7-12)16-10(2)19/h4-7H,3,8-9H2,1-2H3,(H2,15,20)(H,16,19)(H,17,21). The summed E-state index contributed by atoms with van der Waals surface area (Å²) in [6.07, 6.45) is 0. The van der Waals surface area contributed by atoms with Crippen LogP contribution in [0.3, 0.4) is 0 Å². The van der Waals surface area contributed by atoms with E-state index in [9.17, 15) is 14.4 Å². The van der Waals surface area contributed by atoms with Gasteiger partial charge in [0.25, 0.3) is 0 Å². The van der Waals surface area contributed by atoms with Gasteiger partial charge < -0.3 is 16.4 Å². The molecule has 0 aliphatic heterocycles. The molecule has 0 spiro atoms. The smallest absolute Gasteiger partial charge is 0.238 e. The Morgan fingerprint density at radius 1 is 1.05 bits per heavy atom. The number of rotatable bonds is 7. The van der Waals surface area contributed by atoms with Gasteiger partial charge in [-0.25, -0.2) is 0 Å². The third-order valence-corrected chi connectivity index (χ3v) is 2.68. The van der Waals surface area contributed by atoms with Crippen LogP contribution in [0.4, 0.5) is 11.4 Å². The van der Waals surface area contributed by atoms with Crippen molar-refractivity contribution >= 4 is 29.1 Å². The van der Waals surface area contributed by atoms with Crippen LogP contribution < -0.4 is 16.4 Å². The predicted molar refractivity (Wildman–Crippen MR) is 80.7 cm³/mol. The van der Waals surface area contributed by atoms with Crippen LogP contribution in [-0.2, 0) is 14.4 Å². The van der Waals surface area contributed by atoms with E-state index in [0.29, 0.717) is 17.9 Å². The first-order valence-corrected chi connectivity index (χ1v) is 6.59. The third-order valence-electron chi connectivity index (χ3n) is 2.68. The zero-order chi connectivity index (χ0) is 15.8. The monoisotopic (exact) mass is 292 g/mol. The van der Waals surface area contributed by atoms with Gasteiger partial charge in [-0.05, 0) is 30.8 Å². The highest BCUT2D eigenvalue weighted by atomic mass is 16.2. The molecule has 0 aliphatic carbocycles. The number of amides is 3. The number of likely N-dealkylation sites (N-methyl/N-ethyl adjacent to an activating group) is 1. The maximum Gasteiger partial charge on any atom is 0.238 e. The van der Waals surface area contributed by atoms with E-state index in [1.807, 2.05) is 6.92 Å². The molecule has 7 nitrogen and oxygen atoms in total. The van der Waals surface area contributed by atoms with Crippen LogP contribution in [0.1, 0.15) is 13.8 Å². The second-order valence-corrected chi connectivity index (χ2v) is 4.58. The van der Waals surface area contributed by atoms with Crippen molar-refractivity contribution in [1.82, 2.24) is 4.90 Å². The molecule has 0 fully saturated rings. The summed E-state index contributed by atoms with van der Waals surface area (Å²) in [5.74, 6) is -0.855. The van der Waals surface area contributed by atoms with Crippen molar-refractivity contribution < 1.29 is 14.4 Å². The normalized spacial score (nSPS) is 10.2. The van der Waals surface area contributed by atoms with Crippen LogP contribution in [0.2, 0.25) is 0 Å². The van der Waals surface area contributed by atoms with Crippen molar-refractivity contribution in [3.8, 4) is 0 Å². The molecule has 1 rings (SSSR count). The minimum atomic E-state index is -0.468. The molecule has 3 amide bonds. The number of hydrogen-bond donors (Lipinski definition) is 3. The molecule has 0 atom stereocenters. The number of carbonyl (C=O) groups is 3. The SMILES string of the molecule is CCN(CC(N)=O)CC(=O)Nc1ccc(NC(C)=O)cc1. The molecule has 1 aromatic rings. The van der Waals surface area contributed by atoms with Crippen LogP contribution in [0, 0.1) is 0 Å². The fourth-order valence-electron chi connectivity index (χ4n) is 1.74. The third kappa shape index (κ3) is 6.53. The Labute approximate surface area is 123 Å². The van der Waals surface area contributed by atoms with Crippen molar-refractivity contribution in [2.24, 2.45) is 5.73 Å². The molecule has 7 heteroatoms. The van der Waals surface area contributed by atoms with Gasteiger partial charge in [0, 0.05) is 18.3 Å². The van der Waals surface area contributed by atoms with E-state index in [-0.39, 0.29) is 24.9 Å². The van der Waals surface area contributed by atoms with Crippen LogP contribution >= 0.6 is 0 Å². The molecular formula is C14H20N4O3. The number of anilines is 2. The molecule has 0 aliphatic rings. The second-order valence-electron chi connectivity index (χ2n) is 4.58. The molecule has 1 aromatic carbocycles. The van der Waals surface area contributed by atoms with E-state index >= 15 is 0 Å². The quantitative estimate of drug-likeness (QED) is 0.676. The van der Waals surface area contributed by atoms with Gasteiger partial charge in [-0.2, -0.15) is 0 Å². The van der Waals surface area contributed by atoms with Gasteiger partial charge in [-0.1, -0.05) is 6.92 Å². The summed E-state index contributed by atoms with van der Waals surface area (Å²) in [5, 5.41) is 5.35. The van der Waals surface area contributed by atoms with E-state index in [4.69, 9.17) is 5.73 Å². The first-order chi connectivity index (χ1) is 9.90. The fourth-order valence-corrected chi connectivity index (χ4v) is 1.74. The summed E-state index contributed by atoms with van der Waals surface area (Å²) in [6, 6.07) is 6.76. The van der Waals surface area contributed by atoms with Crippen molar-refractivity contribution in [3.05, 3.63) is 24.3 Å². The van der Waals surface area contributed by atoms with Crippen LogP contribution in [0.5, 0.6) is 0 Å². The molecular weight excluding hydrogens is 272 g/mol. The number of nitrogens with one attached hydrogen (secondary N) is 2. The lowest BCUT2D eigenvalue weighted by atomic mass is 10.2. The fraction of sp³-hybridized carbons (Fsp3) is 0.357. The molecule has 0 bridgehead atoms. The largest absolute Gasteiger partial charge is 0.369 e. The molecule has 0 saturated heterocycles. The lowest BCUT2D eigenvalue weighted by molar-refractivity contribution is -0.121. The van der Waals surface area contributed by atoms with Crippen LogP contribution in [0.15, 0.2) is 24.3 Å². The number of nitrogens with zero attached hydrogens (tertiary/aromatic N) is 1. The van der Waals surface area contributed by atoms with Gasteiger partial charge in [-0.3, -0.25) is 19.3 Å². The van der Waals surface area contributed by atoms with Crippen molar-refractivity contribution in [3.63, 3.8) is 0 Å². The van der Waals surface area contributed by atoms with E-state index in [2.05, 4.69) is 10.6 Å². The molecule has 0 aromatic heterocycles. The Hall–Kier alpha value is -2.41. The van der Waals surface area contributed by atoms with Crippen molar-refractivity contribution in [1.29, 1.82) is 0 Å². The Morgan fingerprint density at radius 3 is 2.00 bits per heavy atom. The number of benzene rings is 1. The number of nitrogens with two attached hydrogens (primary N) is 1. The molecule has 4 N–H and O–H groups in total. The Morgan fingerprint density at radius 2 is 1.57 bits per heavy atom. The van der Waals surface area contributed by atoms with Crippen LogP contribution in [0.25, 0.3) is 0 Å². The highest BCUT2D eigenvalue weighted by Crippen LogP contribution is 2.13. The Bertz CT molecular complexity index is 513. The van der Waals surface area contributed by atoms with Gasteiger partial charge in [0.1, 0.15) is 0 Å². The van der Waals surface area contributed by atoms with Gasteiger partial charge in [-0.15, -0.1) is 0 Å². The highest BCUT2D eigenvalue weighted by Gasteiger charge is 2.11. The summed E-state index contributed by atoms with van der Waals surface area (Å²) in [5.41, 5.74) is 6.38. The zero-order valence-electron chi connectivity index (χ0n) is 12.2. The summed E-state index contributed by atoms with van der Waals surface area (Å²) < 4.78 is 0. The first kappa shape index (κ1) is 16.6. The number of carbonyl (C=O) groups excluding carboxylic acids is 3. The van der Waals surface area contributed by atoms with Crippen LogP contribution in [-0.4, -0.2) is 42.3 Å². The lowest BCUT2D eigenvalue weighted by Crippen LogP contribution is -2.39. The van der Waals surface area contributed by atoms with E-state index in [0.717, 1.165) is 0 Å². The second kappa shape index (κ2) is 8.01. The minimum absolute atomic E-state index is 0.0470. The zero-order valence-corrected chi connectivity index (χ0v) is 12.2. The van der Waals surface area contributed by atoms with Gasteiger partial charge in [0.05, 0.1) is 13.1 Å². The predicted octanol–water partition coefficient (Wildman–Crippen LogP) is 0.391. The lowest BCUT2D eigenvalue weighted by Gasteiger charge is -2.17. The number of hydrogen-bond acceptors (Lipinski definition) is 4. The summed E-state index contributed by atoms with van der Waals surface area (Å²) in [6.45, 7) is 3.96. The topological polar surface area (TPSA) is 105 Å². The summed E-state index contributed by atoms with van der Waals surface area (Å²) in [7, 11) is 0. The Kier molecular flexibility index (Phi) is 6.35. The van der Waals surface area contributed by atoms with Gasteiger partial charge in [0.2, 0.25) is 17.7 Å². The van der Waals surface area contributed by atoms with Crippen molar-refractivity contribution in [2.75, 3.05) is 30.3 Å². The summed E-state index contributed by atoms with van der Waals surface area (Å²) in [4.78, 5) is 35.2. The maximum absolute atomic E-state index is 11.9. The first-order valence-electron chi connectivity index (χ1n) is 6.59. The molecule has 21 heavy (non-hydrogen) atoms.